The molecule has 80 valence electrons. The maximum atomic E-state index is 11.8. The Labute approximate surface area is 98.9 Å². The lowest BCUT2D eigenvalue weighted by Gasteiger charge is -1.95. The topological polar surface area (TPSA) is 39.2 Å². The van der Waals surface area contributed by atoms with E-state index >= 15 is 0 Å². The molecule has 0 unspecified atom stereocenters. The Morgan fingerprint density at radius 1 is 1.19 bits per heavy atom. The molecule has 0 N–H and O–H groups in total. The molecule has 0 aliphatic rings. The minimum absolute atomic E-state index is 0.202. The molecule has 5 heteroatoms. The van der Waals surface area contributed by atoms with Crippen molar-refractivity contribution in [2.75, 3.05) is 7.11 Å². The molecule has 3 rings (SSSR count). The van der Waals surface area contributed by atoms with Gasteiger partial charge in [-0.1, -0.05) is 29.5 Å². The van der Waals surface area contributed by atoms with E-state index in [1.165, 1.54) is 29.8 Å². The van der Waals surface area contributed by atoms with Crippen LogP contribution in [0.15, 0.2) is 29.1 Å². The second-order valence-electron chi connectivity index (χ2n) is 3.25. The Balaban J connectivity index is 2.56. The molecule has 0 spiro atoms. The summed E-state index contributed by atoms with van der Waals surface area (Å²) in [6.07, 6.45) is 0. The van der Waals surface area contributed by atoms with Gasteiger partial charge >= 0.3 is 0 Å². The van der Waals surface area contributed by atoms with Gasteiger partial charge in [-0.2, -0.15) is 4.98 Å². The molecular weight excluding hydrogens is 242 g/mol. The molecule has 3 aromatic rings. The number of hydrogen-bond donors (Lipinski definition) is 0. The van der Waals surface area contributed by atoms with Gasteiger partial charge in [0, 0.05) is 10.1 Å². The summed E-state index contributed by atoms with van der Waals surface area (Å²) in [6.45, 7) is 0. The Kier molecular flexibility index (Phi) is 2.15. The number of rotatable bonds is 1. The van der Waals surface area contributed by atoms with Crippen LogP contribution in [0.1, 0.15) is 0 Å². The fraction of sp³-hybridized carbons (Fsp3) is 0.0909. The van der Waals surface area contributed by atoms with Crippen LogP contribution in [-0.2, 0) is 0 Å². The fourth-order valence-corrected chi connectivity index (χ4v) is 3.75. The zero-order valence-corrected chi connectivity index (χ0v) is 10.0. The Morgan fingerprint density at radius 3 is 2.81 bits per heavy atom. The zero-order valence-electron chi connectivity index (χ0n) is 8.39. The second-order valence-corrected chi connectivity index (χ2v) is 5.26. The third-order valence-corrected chi connectivity index (χ3v) is 4.65. The van der Waals surface area contributed by atoms with E-state index in [1.54, 1.807) is 0 Å². The van der Waals surface area contributed by atoms with Crippen molar-refractivity contribution in [3.63, 3.8) is 0 Å². The first kappa shape index (κ1) is 9.74. The molecular formula is C11H7NO2S2. The lowest BCUT2D eigenvalue weighted by molar-refractivity contribution is 0.410. The van der Waals surface area contributed by atoms with Gasteiger partial charge in [-0.25, -0.2) is 0 Å². The van der Waals surface area contributed by atoms with Gasteiger partial charge in [-0.15, -0.1) is 11.3 Å². The summed E-state index contributed by atoms with van der Waals surface area (Å²) in [5.74, 6) is 0. The molecule has 0 aliphatic heterocycles. The molecule has 0 radical (unpaired) electrons. The lowest BCUT2D eigenvalue weighted by Crippen LogP contribution is -2.03. The van der Waals surface area contributed by atoms with Crippen LogP contribution in [0, 0.1) is 0 Å². The first-order valence-electron chi connectivity index (χ1n) is 4.66. The normalized spacial score (nSPS) is 11.1. The number of nitrogens with zero attached hydrogens (tertiary/aromatic N) is 1. The summed E-state index contributed by atoms with van der Waals surface area (Å²) < 4.78 is 7.83. The van der Waals surface area contributed by atoms with Crippen molar-refractivity contribution >= 4 is 42.2 Å². The van der Waals surface area contributed by atoms with Gasteiger partial charge in [0.1, 0.15) is 4.70 Å². The predicted octanol–water partition coefficient (Wildman–Crippen LogP) is 2.88. The van der Waals surface area contributed by atoms with Gasteiger partial charge in [0.15, 0.2) is 0 Å². The van der Waals surface area contributed by atoms with Crippen molar-refractivity contribution in [3.05, 3.63) is 34.6 Å². The average Bonchev–Trinajstić information content (AvgIpc) is 2.68. The van der Waals surface area contributed by atoms with Gasteiger partial charge in [0.2, 0.25) is 0 Å². The van der Waals surface area contributed by atoms with Crippen LogP contribution in [0.4, 0.5) is 0 Å². The average molecular weight is 249 g/mol. The highest BCUT2D eigenvalue weighted by Crippen LogP contribution is 2.35. The molecule has 0 saturated carbocycles. The standard InChI is InChI=1S/C11H7NO2S2/c1-14-11-12-10(13)9-8(16-11)6-4-2-3-5-7(6)15-9/h2-5H,1H3. The molecule has 2 aromatic heterocycles. The summed E-state index contributed by atoms with van der Waals surface area (Å²) in [7, 11) is 1.53. The third kappa shape index (κ3) is 1.32. The molecule has 0 aliphatic carbocycles. The summed E-state index contributed by atoms with van der Waals surface area (Å²) >= 11 is 2.90. The van der Waals surface area contributed by atoms with Crippen molar-refractivity contribution in [1.29, 1.82) is 0 Å². The van der Waals surface area contributed by atoms with Gasteiger partial charge in [-0.3, -0.25) is 4.79 Å². The molecule has 1 aromatic carbocycles. The molecule has 0 amide bonds. The fourth-order valence-electron chi connectivity index (χ4n) is 1.60. The van der Waals surface area contributed by atoms with Gasteiger partial charge < -0.3 is 4.74 Å². The quantitative estimate of drug-likeness (QED) is 0.665. The van der Waals surface area contributed by atoms with E-state index in [9.17, 15) is 4.79 Å². The van der Waals surface area contributed by atoms with Crippen LogP contribution in [-0.4, -0.2) is 12.1 Å². The molecule has 2 heterocycles. The summed E-state index contributed by atoms with van der Waals surface area (Å²) in [4.78, 5) is 15.6. The van der Waals surface area contributed by atoms with Crippen molar-refractivity contribution in [3.8, 4) is 5.19 Å². The summed E-state index contributed by atoms with van der Waals surface area (Å²) in [6, 6.07) is 7.97. The van der Waals surface area contributed by atoms with Crippen LogP contribution in [0.5, 0.6) is 5.19 Å². The van der Waals surface area contributed by atoms with Crippen LogP contribution < -0.4 is 10.3 Å². The van der Waals surface area contributed by atoms with Crippen LogP contribution in [0.3, 0.4) is 0 Å². The predicted molar refractivity (Wildman–Crippen MR) is 67.8 cm³/mol. The molecule has 3 nitrogen and oxygen atoms in total. The van der Waals surface area contributed by atoms with Crippen molar-refractivity contribution in [1.82, 2.24) is 4.98 Å². The van der Waals surface area contributed by atoms with Crippen molar-refractivity contribution < 1.29 is 4.74 Å². The van der Waals surface area contributed by atoms with Crippen LogP contribution in [0.2, 0.25) is 0 Å². The smallest absolute Gasteiger partial charge is 0.292 e. The number of thiophene rings is 1. The zero-order chi connectivity index (χ0) is 11.1. The van der Waals surface area contributed by atoms with Crippen molar-refractivity contribution in [2.45, 2.75) is 0 Å². The molecule has 0 bridgehead atoms. The van der Waals surface area contributed by atoms with E-state index < -0.39 is 0 Å². The number of fused-ring (bicyclic) bond motifs is 3. The Morgan fingerprint density at radius 2 is 2.00 bits per heavy atom. The highest BCUT2D eigenvalue weighted by molar-refractivity contribution is 7.32. The van der Waals surface area contributed by atoms with E-state index in [2.05, 4.69) is 4.98 Å². The molecule has 0 atom stereocenters. The molecule has 0 fully saturated rings. The Hall–Kier alpha value is -1.46. The number of ether oxygens (including phenoxy) is 1. The first-order chi connectivity index (χ1) is 7.79. The second kappa shape index (κ2) is 3.54. The van der Waals surface area contributed by atoms with E-state index in [-0.39, 0.29) is 5.56 Å². The SMILES string of the molecule is COc1nc(=O)c2sc3ccccc3c2s1. The minimum atomic E-state index is -0.202. The third-order valence-electron chi connectivity index (χ3n) is 2.30. The number of hydrogen-bond acceptors (Lipinski definition) is 5. The minimum Gasteiger partial charge on any atom is -0.473 e. The van der Waals surface area contributed by atoms with Crippen LogP contribution in [0.25, 0.3) is 19.5 Å². The van der Waals surface area contributed by atoms with E-state index in [0.29, 0.717) is 9.89 Å². The maximum absolute atomic E-state index is 11.8. The number of methoxy groups -OCH3 is 1. The van der Waals surface area contributed by atoms with E-state index in [0.717, 1.165) is 14.8 Å². The lowest BCUT2D eigenvalue weighted by atomic mass is 10.2. The molecule has 0 saturated heterocycles. The van der Waals surface area contributed by atoms with E-state index in [4.69, 9.17) is 4.74 Å². The Bertz CT molecular complexity index is 730. The van der Waals surface area contributed by atoms with Gasteiger partial charge in [-0.05, 0) is 6.07 Å². The van der Waals surface area contributed by atoms with Gasteiger partial charge in [0.25, 0.3) is 10.8 Å². The monoisotopic (exact) mass is 249 g/mol. The van der Waals surface area contributed by atoms with Crippen molar-refractivity contribution in [2.24, 2.45) is 0 Å². The largest absolute Gasteiger partial charge is 0.473 e. The van der Waals surface area contributed by atoms with E-state index in [1.807, 2.05) is 24.3 Å². The number of aromatic nitrogens is 1. The highest BCUT2D eigenvalue weighted by Gasteiger charge is 2.11. The van der Waals surface area contributed by atoms with Gasteiger partial charge in [0.05, 0.1) is 11.8 Å². The van der Waals surface area contributed by atoms with Crippen LogP contribution >= 0.6 is 22.7 Å². The summed E-state index contributed by atoms with van der Waals surface area (Å²) in [5, 5.41) is 1.52. The number of benzene rings is 1. The highest BCUT2D eigenvalue weighted by atomic mass is 32.1. The molecule has 16 heavy (non-hydrogen) atoms. The summed E-state index contributed by atoms with van der Waals surface area (Å²) in [5.41, 5.74) is -0.202. The first-order valence-corrected chi connectivity index (χ1v) is 6.29. The maximum Gasteiger partial charge on any atom is 0.292 e.